The Morgan fingerprint density at radius 1 is 0.625 bits per heavy atom. The first-order chi connectivity index (χ1) is 14.0. The van der Waals surface area contributed by atoms with Crippen molar-refractivity contribution in [1.29, 1.82) is 0 Å². The summed E-state index contributed by atoms with van der Waals surface area (Å²) in [5.41, 5.74) is 0. The summed E-state index contributed by atoms with van der Waals surface area (Å²) >= 11 is 0. The Morgan fingerprint density at radius 2 is 1.03 bits per heavy atom. The van der Waals surface area contributed by atoms with Gasteiger partial charge in [-0.1, -0.05) is 0 Å². The zero-order valence-corrected chi connectivity index (χ0v) is 16.2. The fraction of sp³-hybridized carbons (Fsp3) is 1.00. The van der Waals surface area contributed by atoms with Gasteiger partial charge in [0.25, 0.3) is 12.1 Å². The number of halogens is 14. The quantitative estimate of drug-likeness (QED) is 0.355. The maximum atomic E-state index is 14.6. The first kappa shape index (κ1) is 28.9. The summed E-state index contributed by atoms with van der Waals surface area (Å²) in [6.45, 7) is -4.28. The van der Waals surface area contributed by atoms with Crippen LogP contribution < -0.4 is 0 Å². The van der Waals surface area contributed by atoms with Crippen molar-refractivity contribution in [2.24, 2.45) is 0 Å². The fourth-order valence-electron chi connectivity index (χ4n) is 3.04. The van der Waals surface area contributed by atoms with Crippen LogP contribution in [0.2, 0.25) is 0 Å². The van der Waals surface area contributed by atoms with Crippen LogP contribution >= 0.6 is 0 Å². The van der Waals surface area contributed by atoms with Gasteiger partial charge in [-0.2, -0.15) is 39.5 Å². The van der Waals surface area contributed by atoms with Crippen LogP contribution in [0.4, 0.5) is 61.5 Å². The maximum absolute atomic E-state index is 14.6. The molecular formula is C15H18F14N2O. The summed E-state index contributed by atoms with van der Waals surface area (Å²) in [7, 11) is 0. The molecule has 0 saturated carbocycles. The van der Waals surface area contributed by atoms with Crippen molar-refractivity contribution in [3.8, 4) is 0 Å². The number of hydrogen-bond acceptors (Lipinski definition) is 3. The van der Waals surface area contributed by atoms with Crippen molar-refractivity contribution in [1.82, 2.24) is 9.80 Å². The van der Waals surface area contributed by atoms with Crippen LogP contribution in [0.5, 0.6) is 0 Å². The fourth-order valence-corrected chi connectivity index (χ4v) is 3.04. The molecule has 17 heteroatoms. The van der Waals surface area contributed by atoms with E-state index >= 15 is 0 Å². The molecule has 1 rings (SSSR count). The molecule has 4 atom stereocenters. The largest absolute Gasteiger partial charge is 0.460 e. The standard InChI is InChI=1S/C15H18F14N2O/c1-7(11(17,18)9(16)13(21,22)23)32-8(2)12(19,20)10(14(24,25)26)30-3-5-31(6-4-30)15(27,28)29/h7-10H,3-6H2,1-2H3. The van der Waals surface area contributed by atoms with Gasteiger partial charge in [-0.15, -0.1) is 0 Å². The van der Waals surface area contributed by atoms with Gasteiger partial charge in [0, 0.05) is 26.2 Å². The molecule has 0 aliphatic carbocycles. The van der Waals surface area contributed by atoms with Gasteiger partial charge in [-0.25, -0.2) is 26.9 Å². The van der Waals surface area contributed by atoms with E-state index in [4.69, 9.17) is 0 Å². The number of alkyl halides is 14. The van der Waals surface area contributed by atoms with E-state index in [1.54, 1.807) is 0 Å². The molecule has 0 spiro atoms. The molecule has 1 saturated heterocycles. The molecule has 32 heavy (non-hydrogen) atoms. The Bertz CT molecular complexity index is 609. The van der Waals surface area contributed by atoms with Crippen LogP contribution in [0.25, 0.3) is 0 Å². The first-order valence-electron chi connectivity index (χ1n) is 8.78. The van der Waals surface area contributed by atoms with E-state index in [9.17, 15) is 61.5 Å². The van der Waals surface area contributed by atoms with E-state index < -0.39 is 81.1 Å². The van der Waals surface area contributed by atoms with Crippen LogP contribution in [-0.2, 0) is 4.74 Å². The molecule has 1 aliphatic rings. The second-order valence-corrected chi connectivity index (χ2v) is 7.11. The smallest absolute Gasteiger partial charge is 0.363 e. The molecule has 1 heterocycles. The lowest BCUT2D eigenvalue weighted by atomic mass is 10.0. The highest BCUT2D eigenvalue weighted by atomic mass is 19.4. The molecule has 4 unspecified atom stereocenters. The zero-order valence-electron chi connectivity index (χ0n) is 16.2. The van der Waals surface area contributed by atoms with Crippen molar-refractivity contribution < 1.29 is 66.2 Å². The van der Waals surface area contributed by atoms with Gasteiger partial charge in [-0.05, 0) is 13.8 Å². The molecule has 0 aromatic heterocycles. The van der Waals surface area contributed by atoms with Gasteiger partial charge in [0.15, 0.2) is 6.04 Å². The minimum atomic E-state index is -6.11. The van der Waals surface area contributed by atoms with Crippen molar-refractivity contribution in [2.75, 3.05) is 26.2 Å². The van der Waals surface area contributed by atoms with Gasteiger partial charge in [0.2, 0.25) is 0 Å². The monoisotopic (exact) mass is 508 g/mol. The summed E-state index contributed by atoms with van der Waals surface area (Å²) in [5.74, 6) is -10.5. The van der Waals surface area contributed by atoms with Crippen molar-refractivity contribution >= 4 is 0 Å². The predicted molar refractivity (Wildman–Crippen MR) is 79.9 cm³/mol. The van der Waals surface area contributed by atoms with Gasteiger partial charge in [0.1, 0.15) is 12.2 Å². The summed E-state index contributed by atoms with van der Waals surface area (Å²) in [4.78, 5) is -0.283. The number of rotatable bonds is 7. The van der Waals surface area contributed by atoms with Crippen molar-refractivity contribution in [3.63, 3.8) is 0 Å². The molecule has 0 aromatic carbocycles. The zero-order chi connectivity index (χ0) is 25.5. The lowest BCUT2D eigenvalue weighted by Gasteiger charge is -2.44. The van der Waals surface area contributed by atoms with E-state index in [1.165, 1.54) is 0 Å². The van der Waals surface area contributed by atoms with Crippen LogP contribution in [0.3, 0.4) is 0 Å². The number of nitrogens with zero attached hydrogens (tertiary/aromatic N) is 2. The lowest BCUT2D eigenvalue weighted by molar-refractivity contribution is -0.307. The van der Waals surface area contributed by atoms with Crippen LogP contribution in [0.1, 0.15) is 13.8 Å². The van der Waals surface area contributed by atoms with E-state index in [-0.39, 0.29) is 23.6 Å². The lowest BCUT2D eigenvalue weighted by Crippen LogP contribution is -2.65. The topological polar surface area (TPSA) is 15.7 Å². The van der Waals surface area contributed by atoms with E-state index in [0.717, 1.165) is 0 Å². The molecule has 0 radical (unpaired) electrons. The molecule has 0 bridgehead atoms. The van der Waals surface area contributed by atoms with Gasteiger partial charge < -0.3 is 4.74 Å². The molecule has 0 amide bonds. The van der Waals surface area contributed by atoms with Crippen LogP contribution in [0.15, 0.2) is 0 Å². The summed E-state index contributed by atoms with van der Waals surface area (Å²) in [6, 6.07) is -3.80. The third kappa shape index (κ3) is 6.48. The second-order valence-electron chi connectivity index (χ2n) is 7.11. The van der Waals surface area contributed by atoms with Crippen molar-refractivity contribution in [2.45, 2.75) is 68.8 Å². The second kappa shape index (κ2) is 9.27. The van der Waals surface area contributed by atoms with E-state index in [2.05, 4.69) is 4.74 Å². The highest BCUT2D eigenvalue weighted by molar-refractivity contribution is 4.98. The van der Waals surface area contributed by atoms with E-state index in [0.29, 0.717) is 0 Å². The van der Waals surface area contributed by atoms with Crippen LogP contribution in [-0.4, -0.2) is 90.9 Å². The Labute approximate surface area is 172 Å². The highest BCUT2D eigenvalue weighted by Gasteiger charge is 2.64. The minimum Gasteiger partial charge on any atom is -0.363 e. The average Bonchev–Trinajstić information content (AvgIpc) is 2.58. The van der Waals surface area contributed by atoms with Gasteiger partial charge >= 0.3 is 24.6 Å². The minimum absolute atomic E-state index is 0.0570. The number of piperazine rings is 1. The molecule has 0 aromatic rings. The van der Waals surface area contributed by atoms with Gasteiger partial charge in [-0.3, -0.25) is 4.90 Å². The Morgan fingerprint density at radius 3 is 1.38 bits per heavy atom. The normalized spacial score (nSPS) is 22.5. The first-order valence-corrected chi connectivity index (χ1v) is 8.78. The average molecular weight is 508 g/mol. The third-order valence-electron chi connectivity index (χ3n) is 4.83. The highest BCUT2D eigenvalue weighted by Crippen LogP contribution is 2.43. The molecule has 1 fully saturated rings. The number of ether oxygens (including phenoxy) is 1. The number of hydrogen-bond donors (Lipinski definition) is 0. The summed E-state index contributed by atoms with van der Waals surface area (Å²) < 4.78 is 188. The predicted octanol–water partition coefficient (Wildman–Crippen LogP) is 5.02. The Kier molecular flexibility index (Phi) is 8.38. The Hall–Kier alpha value is -1.10. The van der Waals surface area contributed by atoms with Gasteiger partial charge in [0.05, 0.1) is 0 Å². The van der Waals surface area contributed by atoms with E-state index in [1.807, 2.05) is 0 Å². The Balaban J connectivity index is 3.07. The van der Waals surface area contributed by atoms with Crippen LogP contribution in [0, 0.1) is 0 Å². The van der Waals surface area contributed by atoms with Crippen molar-refractivity contribution in [3.05, 3.63) is 0 Å². The SMILES string of the molecule is CC(OC(C)C(F)(F)C(N1CCN(C(F)(F)F)CC1)C(F)(F)F)C(F)(F)C(F)C(F)(F)F. The molecule has 192 valence electrons. The maximum Gasteiger partial charge on any atom is 0.460 e. The molecule has 0 N–H and O–H groups in total. The molecule has 3 nitrogen and oxygen atoms in total. The third-order valence-corrected chi connectivity index (χ3v) is 4.83. The molecular weight excluding hydrogens is 490 g/mol. The molecule has 1 aliphatic heterocycles. The summed E-state index contributed by atoms with van der Waals surface area (Å²) in [5, 5.41) is 0. The summed E-state index contributed by atoms with van der Waals surface area (Å²) in [6.07, 6.45) is -28.0.